The van der Waals surface area contributed by atoms with Crippen LogP contribution in [0.15, 0.2) is 30.5 Å². The smallest absolute Gasteiger partial charge is 0.251 e. The molecule has 132 valence electrons. The number of halogens is 2. The normalized spacial score (nSPS) is 20.5. The summed E-state index contributed by atoms with van der Waals surface area (Å²) in [6.07, 6.45) is 1.17. The molecule has 1 aromatic carbocycles. The zero-order valence-electron chi connectivity index (χ0n) is 14.3. The van der Waals surface area contributed by atoms with Gasteiger partial charge in [-0.15, -0.1) is 0 Å². The van der Waals surface area contributed by atoms with E-state index in [1.54, 1.807) is 17.2 Å². The minimum absolute atomic E-state index is 0.102. The molecule has 2 heterocycles. The van der Waals surface area contributed by atoms with Crippen molar-refractivity contribution < 1.29 is 8.78 Å². The maximum atomic E-state index is 13.2. The fraction of sp³-hybridized carbons (Fsp3) is 0.368. The van der Waals surface area contributed by atoms with E-state index in [-0.39, 0.29) is 18.6 Å². The molecule has 4 nitrogen and oxygen atoms in total. The second kappa shape index (κ2) is 6.88. The van der Waals surface area contributed by atoms with Crippen LogP contribution in [0.2, 0.25) is 0 Å². The number of anilines is 1. The van der Waals surface area contributed by atoms with Gasteiger partial charge in [0.15, 0.2) is 0 Å². The molecule has 0 unspecified atom stereocenters. The van der Waals surface area contributed by atoms with Crippen molar-refractivity contribution in [3.63, 3.8) is 0 Å². The van der Waals surface area contributed by atoms with Crippen LogP contribution in [0.1, 0.15) is 40.9 Å². The van der Waals surface area contributed by atoms with Crippen molar-refractivity contribution in [3.05, 3.63) is 58.4 Å². The molecule has 1 aromatic heterocycles. The van der Waals surface area contributed by atoms with Crippen molar-refractivity contribution in [1.29, 1.82) is 5.41 Å². The molecule has 1 aliphatic rings. The number of nitrogens with zero attached hydrogens (tertiary/aromatic N) is 2. The number of nitrogens with two attached hydrogens (primary N) is 1. The van der Waals surface area contributed by atoms with Crippen molar-refractivity contribution in [2.75, 3.05) is 12.3 Å². The minimum atomic E-state index is -2.42. The van der Waals surface area contributed by atoms with Crippen LogP contribution in [0.3, 0.4) is 0 Å². The van der Waals surface area contributed by atoms with Crippen molar-refractivity contribution in [3.8, 4) is 0 Å². The van der Waals surface area contributed by atoms with Gasteiger partial charge in [0.05, 0.1) is 18.3 Å². The fourth-order valence-electron chi connectivity index (χ4n) is 3.61. The van der Waals surface area contributed by atoms with Gasteiger partial charge in [0, 0.05) is 29.7 Å². The Morgan fingerprint density at radius 2 is 2.12 bits per heavy atom. The first-order valence-corrected chi connectivity index (χ1v) is 8.30. The number of benzene rings is 1. The van der Waals surface area contributed by atoms with Crippen molar-refractivity contribution in [2.24, 2.45) is 0 Å². The molecule has 0 bridgehead atoms. The van der Waals surface area contributed by atoms with E-state index >= 15 is 0 Å². The molecule has 0 amide bonds. The SMILES string of the molecule is Cc1ccc([C@@H]2c3ccc(N)c(C=N)c3C[C@@H](C)N2CC(F)F)nc1. The average Bonchev–Trinajstić information content (AvgIpc) is 2.56. The quantitative estimate of drug-likeness (QED) is 0.658. The van der Waals surface area contributed by atoms with Gasteiger partial charge in [-0.25, -0.2) is 8.78 Å². The minimum Gasteiger partial charge on any atom is -0.398 e. The van der Waals surface area contributed by atoms with Crippen LogP contribution in [-0.4, -0.2) is 35.1 Å². The lowest BCUT2D eigenvalue weighted by Gasteiger charge is -2.42. The highest BCUT2D eigenvalue weighted by Gasteiger charge is 2.36. The van der Waals surface area contributed by atoms with Crippen molar-refractivity contribution in [2.45, 2.75) is 38.8 Å². The van der Waals surface area contributed by atoms with Crippen LogP contribution in [0.4, 0.5) is 14.5 Å². The highest BCUT2D eigenvalue weighted by molar-refractivity contribution is 5.88. The number of hydrogen-bond donors (Lipinski definition) is 2. The number of hydrogen-bond acceptors (Lipinski definition) is 4. The maximum absolute atomic E-state index is 13.2. The molecule has 0 radical (unpaired) electrons. The van der Waals surface area contributed by atoms with Crippen LogP contribution in [-0.2, 0) is 6.42 Å². The van der Waals surface area contributed by atoms with Gasteiger partial charge in [-0.1, -0.05) is 12.1 Å². The molecule has 1 aliphatic heterocycles. The molecular formula is C19H22F2N4. The van der Waals surface area contributed by atoms with Crippen LogP contribution < -0.4 is 5.73 Å². The summed E-state index contributed by atoms with van der Waals surface area (Å²) in [6.45, 7) is 3.56. The van der Waals surface area contributed by atoms with E-state index in [1.165, 1.54) is 6.21 Å². The third kappa shape index (κ3) is 3.26. The molecule has 0 saturated carbocycles. The fourth-order valence-corrected chi connectivity index (χ4v) is 3.61. The maximum Gasteiger partial charge on any atom is 0.251 e. The van der Waals surface area contributed by atoms with Crippen LogP contribution >= 0.6 is 0 Å². The number of rotatable bonds is 4. The number of nitrogens with one attached hydrogen (secondary N) is 1. The highest BCUT2D eigenvalue weighted by Crippen LogP contribution is 2.39. The Balaban J connectivity index is 2.18. The third-order valence-corrected chi connectivity index (χ3v) is 4.83. The second-order valence-corrected chi connectivity index (χ2v) is 6.58. The van der Waals surface area contributed by atoms with Gasteiger partial charge in [-0.3, -0.25) is 9.88 Å². The monoisotopic (exact) mass is 344 g/mol. The van der Waals surface area contributed by atoms with E-state index in [4.69, 9.17) is 11.1 Å². The first kappa shape index (κ1) is 17.5. The molecule has 3 rings (SSSR count). The number of fused-ring (bicyclic) bond motifs is 1. The first-order valence-electron chi connectivity index (χ1n) is 8.30. The van der Waals surface area contributed by atoms with Gasteiger partial charge >= 0.3 is 0 Å². The summed E-state index contributed by atoms with van der Waals surface area (Å²) < 4.78 is 26.4. The van der Waals surface area contributed by atoms with Gasteiger partial charge < -0.3 is 11.1 Å². The standard InChI is InChI=1S/C19H22F2N4/c1-11-3-6-17(24-9-11)19-13-4-5-16(23)15(8-22)14(13)7-12(2)25(19)10-18(20)21/h3-6,8-9,12,18-19,22H,7,10,23H2,1-2H3/t12-,19+/m1/s1. The van der Waals surface area contributed by atoms with E-state index in [2.05, 4.69) is 4.98 Å². The topological polar surface area (TPSA) is 66.0 Å². The molecule has 2 atom stereocenters. The van der Waals surface area contributed by atoms with Gasteiger partial charge in [-0.2, -0.15) is 0 Å². The molecule has 25 heavy (non-hydrogen) atoms. The lowest BCUT2D eigenvalue weighted by Crippen LogP contribution is -2.45. The van der Waals surface area contributed by atoms with E-state index in [0.717, 1.165) is 22.4 Å². The number of aromatic nitrogens is 1. The summed E-state index contributed by atoms with van der Waals surface area (Å²) in [5.41, 5.74) is 10.9. The van der Waals surface area contributed by atoms with Crippen molar-refractivity contribution in [1.82, 2.24) is 9.88 Å². The number of aryl methyl sites for hydroxylation is 1. The molecular weight excluding hydrogens is 322 g/mol. The van der Waals surface area contributed by atoms with E-state index in [9.17, 15) is 8.78 Å². The zero-order valence-corrected chi connectivity index (χ0v) is 14.3. The Bertz CT molecular complexity index is 774. The Hall–Kier alpha value is -2.34. The van der Waals surface area contributed by atoms with E-state index in [0.29, 0.717) is 17.7 Å². The Kier molecular flexibility index (Phi) is 4.81. The molecule has 2 aromatic rings. The van der Waals surface area contributed by atoms with Gasteiger partial charge in [0.1, 0.15) is 0 Å². The number of nitrogen functional groups attached to an aromatic ring is 1. The molecule has 0 saturated heterocycles. The Morgan fingerprint density at radius 3 is 2.72 bits per heavy atom. The van der Waals surface area contributed by atoms with Crippen molar-refractivity contribution >= 4 is 11.9 Å². The van der Waals surface area contributed by atoms with Crippen LogP contribution in [0, 0.1) is 12.3 Å². The largest absolute Gasteiger partial charge is 0.398 e. The van der Waals surface area contributed by atoms with Crippen LogP contribution in [0.5, 0.6) is 0 Å². The third-order valence-electron chi connectivity index (χ3n) is 4.83. The van der Waals surface area contributed by atoms with Gasteiger partial charge in [-0.05, 0) is 49.1 Å². The van der Waals surface area contributed by atoms with Gasteiger partial charge in [0.2, 0.25) is 0 Å². The molecule has 0 fully saturated rings. The predicted molar refractivity (Wildman–Crippen MR) is 95.4 cm³/mol. The summed E-state index contributed by atoms with van der Waals surface area (Å²) in [7, 11) is 0. The average molecular weight is 344 g/mol. The lowest BCUT2D eigenvalue weighted by molar-refractivity contribution is 0.0453. The lowest BCUT2D eigenvalue weighted by atomic mass is 9.83. The van der Waals surface area contributed by atoms with Gasteiger partial charge in [0.25, 0.3) is 6.43 Å². The van der Waals surface area contributed by atoms with E-state index in [1.807, 2.05) is 32.0 Å². The Morgan fingerprint density at radius 1 is 1.36 bits per heavy atom. The summed E-state index contributed by atoms with van der Waals surface area (Å²) >= 11 is 0. The highest BCUT2D eigenvalue weighted by atomic mass is 19.3. The molecule has 0 aliphatic carbocycles. The molecule has 3 N–H and O–H groups in total. The summed E-state index contributed by atoms with van der Waals surface area (Å²) in [4.78, 5) is 6.30. The summed E-state index contributed by atoms with van der Waals surface area (Å²) in [5.74, 6) is 0. The second-order valence-electron chi connectivity index (χ2n) is 6.58. The molecule has 0 spiro atoms. The molecule has 6 heteroatoms. The van der Waals surface area contributed by atoms with E-state index < -0.39 is 6.43 Å². The van der Waals surface area contributed by atoms with Crippen LogP contribution in [0.25, 0.3) is 0 Å². The summed E-state index contributed by atoms with van der Waals surface area (Å²) in [5, 5.41) is 7.70. The number of alkyl halides is 2. The Labute approximate surface area is 146 Å². The number of pyridine rings is 1. The first-order chi connectivity index (χ1) is 11.9. The zero-order chi connectivity index (χ0) is 18.1. The predicted octanol–water partition coefficient (Wildman–Crippen LogP) is 3.57. The summed E-state index contributed by atoms with van der Waals surface area (Å²) in [6, 6.07) is 6.99.